The smallest absolute Gasteiger partial charge is 0.460 e. The van der Waals surface area contributed by atoms with Crippen LogP contribution in [0.3, 0.4) is 0 Å². The minimum atomic E-state index is -8.87. The normalized spacial score (nSPS) is 15.8. The van der Waals surface area contributed by atoms with Gasteiger partial charge in [0.05, 0.1) is 12.3 Å². The van der Waals surface area contributed by atoms with Crippen LogP contribution >= 0.6 is 0 Å². The molecule has 0 aliphatic rings. The summed E-state index contributed by atoms with van der Waals surface area (Å²) in [5.74, 6) is -55.8. The van der Waals surface area contributed by atoms with Crippen molar-refractivity contribution in [2.24, 2.45) is 0 Å². The number of hydrogen-bond acceptors (Lipinski definition) is 4. The van der Waals surface area contributed by atoms with Gasteiger partial charge in [0.1, 0.15) is 0 Å². The van der Waals surface area contributed by atoms with E-state index in [0.717, 1.165) is 0 Å². The van der Waals surface area contributed by atoms with Crippen LogP contribution in [0.4, 0.5) is 74.6 Å². The summed E-state index contributed by atoms with van der Waals surface area (Å²) >= 11 is 0. The Morgan fingerprint density at radius 2 is 0.944 bits per heavy atom. The SMILES string of the molecule is O=C(O)CNCCCS(=O)(=O)C(F)(F)C(F)(F)C(F)(F)C(F)(F)C(F)(F)C(F)(F)C(F)(F)C(F)(F)F. The second-order valence-corrected chi connectivity index (χ2v) is 8.85. The van der Waals surface area contributed by atoms with Gasteiger partial charge in [0.15, 0.2) is 0 Å². The molecule has 0 spiro atoms. The van der Waals surface area contributed by atoms with E-state index in [4.69, 9.17) is 5.11 Å². The first kappa shape index (κ1) is 34.2. The molecule has 0 aliphatic heterocycles. The van der Waals surface area contributed by atoms with Crippen molar-refractivity contribution in [1.82, 2.24) is 5.32 Å². The second-order valence-electron chi connectivity index (χ2n) is 6.70. The number of sulfone groups is 1. The lowest BCUT2D eigenvalue weighted by atomic mass is 9.91. The average Bonchev–Trinajstić information content (AvgIpc) is 2.65. The highest BCUT2D eigenvalue weighted by atomic mass is 32.2. The van der Waals surface area contributed by atoms with Gasteiger partial charge in [-0.05, 0) is 13.0 Å². The van der Waals surface area contributed by atoms with Crippen molar-refractivity contribution in [3.63, 3.8) is 0 Å². The highest BCUT2D eigenvalue weighted by molar-refractivity contribution is 7.92. The van der Waals surface area contributed by atoms with Crippen LogP contribution in [0.2, 0.25) is 0 Å². The average molecular weight is 599 g/mol. The van der Waals surface area contributed by atoms with E-state index in [1.807, 2.05) is 0 Å². The number of alkyl halides is 17. The zero-order valence-electron chi connectivity index (χ0n) is 16.3. The zero-order chi connectivity index (χ0) is 29.6. The first-order chi connectivity index (χ1) is 15.4. The van der Waals surface area contributed by atoms with Crippen LogP contribution < -0.4 is 5.32 Å². The molecule has 2 N–H and O–H groups in total. The standard InChI is InChI=1S/C13H10F17NO4S/c14-6(15,8(18,19)10(22,23)12(26,27)28)7(16,17)9(20,21)11(24,25)13(29,30)36(34,35)3-1-2-31-4-5(32)33/h31H,1-4H2,(H,32,33). The van der Waals surface area contributed by atoms with Gasteiger partial charge in [-0.15, -0.1) is 0 Å². The molecule has 36 heavy (non-hydrogen) atoms. The number of carbonyl (C=O) groups is 1. The number of aliphatic carboxylic acids is 1. The summed E-state index contributed by atoms with van der Waals surface area (Å²) in [6, 6.07) is 0. The lowest BCUT2D eigenvalue weighted by Crippen LogP contribution is -2.75. The van der Waals surface area contributed by atoms with E-state index < -0.39 is 88.0 Å². The topological polar surface area (TPSA) is 83.5 Å². The maximum Gasteiger partial charge on any atom is 0.460 e. The van der Waals surface area contributed by atoms with E-state index in [9.17, 15) is 87.8 Å². The van der Waals surface area contributed by atoms with Crippen molar-refractivity contribution in [1.29, 1.82) is 0 Å². The van der Waals surface area contributed by atoms with Gasteiger partial charge in [-0.1, -0.05) is 0 Å². The fraction of sp³-hybridized carbons (Fsp3) is 0.923. The third-order valence-corrected chi connectivity index (χ3v) is 5.99. The van der Waals surface area contributed by atoms with Crippen molar-refractivity contribution in [2.45, 2.75) is 53.4 Å². The molecule has 0 radical (unpaired) electrons. The quantitative estimate of drug-likeness (QED) is 0.242. The summed E-state index contributed by atoms with van der Waals surface area (Å²) in [4.78, 5) is 10.1. The van der Waals surface area contributed by atoms with Gasteiger partial charge in [0.2, 0.25) is 9.84 Å². The summed E-state index contributed by atoms with van der Waals surface area (Å²) in [6.45, 7) is -1.97. The van der Waals surface area contributed by atoms with Crippen molar-refractivity contribution in [2.75, 3.05) is 18.8 Å². The maximum absolute atomic E-state index is 13.7. The van der Waals surface area contributed by atoms with Gasteiger partial charge in [-0.25, -0.2) is 8.42 Å². The second kappa shape index (κ2) is 9.49. The van der Waals surface area contributed by atoms with E-state index in [0.29, 0.717) is 0 Å². The lowest BCUT2D eigenvalue weighted by molar-refractivity contribution is -0.458. The monoisotopic (exact) mass is 599 g/mol. The number of carboxylic acid groups (broad SMARTS) is 1. The Bertz CT molecular complexity index is 912. The molecule has 0 amide bonds. The molecule has 0 aromatic heterocycles. The Hall–Kier alpha value is -1.81. The van der Waals surface area contributed by atoms with Crippen LogP contribution in [0.5, 0.6) is 0 Å². The minimum absolute atomic E-state index is 0.962. The summed E-state index contributed by atoms with van der Waals surface area (Å²) < 4.78 is 246. The molecule has 0 saturated heterocycles. The molecule has 0 aliphatic carbocycles. The summed E-state index contributed by atoms with van der Waals surface area (Å²) in [5.41, 5.74) is 0. The Morgan fingerprint density at radius 1 is 0.611 bits per heavy atom. The maximum atomic E-state index is 13.7. The molecule has 216 valence electrons. The first-order valence-corrected chi connectivity index (χ1v) is 9.93. The lowest BCUT2D eigenvalue weighted by Gasteiger charge is -2.42. The van der Waals surface area contributed by atoms with Crippen LogP contribution in [0, 0.1) is 0 Å². The molecule has 0 rings (SSSR count). The highest BCUT2D eigenvalue weighted by Crippen LogP contribution is 2.64. The van der Waals surface area contributed by atoms with Gasteiger partial charge >= 0.3 is 52.9 Å². The Balaban J connectivity index is 6.48. The highest BCUT2D eigenvalue weighted by Gasteiger charge is 2.96. The molecule has 0 fully saturated rings. The molecule has 0 aromatic carbocycles. The fourth-order valence-electron chi connectivity index (χ4n) is 2.06. The predicted octanol–water partition coefficient (Wildman–Crippen LogP) is 4.43. The number of nitrogens with one attached hydrogen (secondary N) is 1. The number of hydrogen-bond donors (Lipinski definition) is 2. The molecular weight excluding hydrogens is 589 g/mol. The Morgan fingerprint density at radius 3 is 1.28 bits per heavy atom. The van der Waals surface area contributed by atoms with Gasteiger partial charge in [-0.3, -0.25) is 4.79 Å². The Kier molecular flexibility index (Phi) is 9.02. The number of carboxylic acids is 1. The van der Waals surface area contributed by atoms with Crippen molar-refractivity contribution in [3.05, 3.63) is 0 Å². The van der Waals surface area contributed by atoms with Crippen LogP contribution in [-0.2, 0) is 14.6 Å². The van der Waals surface area contributed by atoms with Crippen LogP contribution in [0.1, 0.15) is 6.42 Å². The molecule has 5 nitrogen and oxygen atoms in total. The first-order valence-electron chi connectivity index (χ1n) is 8.28. The van der Waals surface area contributed by atoms with E-state index in [-0.39, 0.29) is 0 Å². The van der Waals surface area contributed by atoms with Gasteiger partial charge in [-0.2, -0.15) is 74.6 Å². The molecule has 0 bridgehead atoms. The molecule has 0 unspecified atom stereocenters. The molecule has 0 aromatic rings. The van der Waals surface area contributed by atoms with Crippen LogP contribution in [-0.4, -0.2) is 85.3 Å². The van der Waals surface area contributed by atoms with Gasteiger partial charge in [0.25, 0.3) is 0 Å². The van der Waals surface area contributed by atoms with Gasteiger partial charge < -0.3 is 10.4 Å². The van der Waals surface area contributed by atoms with E-state index in [1.165, 1.54) is 0 Å². The van der Waals surface area contributed by atoms with Crippen molar-refractivity contribution < 1.29 is 93.0 Å². The molecule has 0 atom stereocenters. The summed E-state index contributed by atoms with van der Waals surface area (Å²) in [7, 11) is -7.14. The van der Waals surface area contributed by atoms with Crippen molar-refractivity contribution >= 4 is 15.8 Å². The Labute approximate surface area is 187 Å². The summed E-state index contributed by atoms with van der Waals surface area (Å²) in [5, 5.41) is 2.42. The molecule has 0 saturated carbocycles. The van der Waals surface area contributed by atoms with Gasteiger partial charge in [0, 0.05) is 0 Å². The van der Waals surface area contributed by atoms with Crippen LogP contribution in [0.15, 0.2) is 0 Å². The third kappa shape index (κ3) is 4.99. The predicted molar refractivity (Wildman–Crippen MR) is 79.6 cm³/mol. The third-order valence-electron chi connectivity index (χ3n) is 4.13. The fourth-order valence-corrected chi connectivity index (χ4v) is 3.35. The molecular formula is C13H10F17NO4S. The van der Waals surface area contributed by atoms with E-state index >= 15 is 0 Å². The van der Waals surface area contributed by atoms with E-state index in [2.05, 4.69) is 0 Å². The van der Waals surface area contributed by atoms with E-state index in [1.54, 1.807) is 5.32 Å². The molecule has 0 heterocycles. The zero-order valence-corrected chi connectivity index (χ0v) is 17.2. The van der Waals surface area contributed by atoms with Crippen molar-refractivity contribution in [3.8, 4) is 0 Å². The molecule has 23 heteroatoms. The van der Waals surface area contributed by atoms with Crippen LogP contribution in [0.25, 0.3) is 0 Å². The largest absolute Gasteiger partial charge is 0.480 e. The number of rotatable bonds is 13. The summed E-state index contributed by atoms with van der Waals surface area (Å²) in [6.07, 6.45) is -9.24. The minimum Gasteiger partial charge on any atom is -0.480 e. The number of halogens is 17.